The first-order valence-corrected chi connectivity index (χ1v) is 5.48. The number of nitrogens with one attached hydrogen (secondary N) is 1. The molecule has 2 rings (SSSR count). The van der Waals surface area contributed by atoms with Crippen LogP contribution in [0.2, 0.25) is 0 Å². The van der Waals surface area contributed by atoms with Gasteiger partial charge >= 0.3 is 5.97 Å². The molecule has 0 amide bonds. The normalized spacial score (nSPS) is 20.1. The summed E-state index contributed by atoms with van der Waals surface area (Å²) >= 11 is 0. The Labute approximate surface area is 99.8 Å². The highest BCUT2D eigenvalue weighted by molar-refractivity contribution is 5.77. The number of nitrogen functional groups attached to an aromatic ring is 1. The summed E-state index contributed by atoms with van der Waals surface area (Å²) in [7, 11) is 1.39. The summed E-state index contributed by atoms with van der Waals surface area (Å²) in [6.45, 7) is 2.09. The lowest BCUT2D eigenvalue weighted by atomic mass is 10.2. The highest BCUT2D eigenvalue weighted by Crippen LogP contribution is 2.22. The second-order valence-corrected chi connectivity index (χ2v) is 3.91. The quantitative estimate of drug-likeness (QED) is 0.681. The van der Waals surface area contributed by atoms with Gasteiger partial charge in [-0.05, 0) is 6.07 Å². The Kier molecular flexibility index (Phi) is 3.43. The number of pyridine rings is 1. The standard InChI is InChI=1S/C11H16N4O2/c1-17-11(16)9-7-15(5-4-14-9)10-2-3-13-6-8(10)12/h2-3,6,9,14H,4-5,7,12H2,1H3. The average Bonchev–Trinajstić information content (AvgIpc) is 2.38. The Bertz CT molecular complexity index is 410. The number of ether oxygens (including phenoxy) is 1. The minimum Gasteiger partial charge on any atom is -0.468 e. The molecule has 0 radical (unpaired) electrons. The summed E-state index contributed by atoms with van der Waals surface area (Å²) in [5.41, 5.74) is 7.40. The first-order valence-electron chi connectivity index (χ1n) is 5.48. The number of anilines is 2. The molecule has 1 aromatic rings. The molecule has 1 aliphatic heterocycles. The fraction of sp³-hybridized carbons (Fsp3) is 0.455. The van der Waals surface area contributed by atoms with E-state index in [1.165, 1.54) is 7.11 Å². The molecule has 0 bridgehead atoms. The van der Waals surface area contributed by atoms with E-state index in [4.69, 9.17) is 10.5 Å². The van der Waals surface area contributed by atoms with Crippen LogP contribution in [0.5, 0.6) is 0 Å². The number of hydrogen-bond donors (Lipinski definition) is 2. The molecule has 1 atom stereocenters. The molecule has 2 heterocycles. The van der Waals surface area contributed by atoms with Crippen molar-refractivity contribution in [2.75, 3.05) is 37.4 Å². The van der Waals surface area contributed by atoms with Gasteiger partial charge in [-0.2, -0.15) is 0 Å². The Balaban J connectivity index is 2.12. The second-order valence-electron chi connectivity index (χ2n) is 3.91. The summed E-state index contributed by atoms with van der Waals surface area (Å²) in [6.07, 6.45) is 3.31. The van der Waals surface area contributed by atoms with E-state index in [-0.39, 0.29) is 12.0 Å². The Morgan fingerprint density at radius 3 is 3.24 bits per heavy atom. The maximum absolute atomic E-state index is 11.5. The van der Waals surface area contributed by atoms with Crippen molar-refractivity contribution in [3.63, 3.8) is 0 Å². The van der Waals surface area contributed by atoms with Crippen molar-refractivity contribution < 1.29 is 9.53 Å². The highest BCUT2D eigenvalue weighted by atomic mass is 16.5. The fourth-order valence-corrected chi connectivity index (χ4v) is 1.96. The second kappa shape index (κ2) is 5.01. The number of esters is 1. The summed E-state index contributed by atoms with van der Waals surface area (Å²) < 4.78 is 4.73. The number of nitrogens with two attached hydrogens (primary N) is 1. The minimum absolute atomic E-state index is 0.248. The number of aromatic nitrogens is 1. The molecular formula is C11H16N4O2. The van der Waals surface area contributed by atoms with Crippen LogP contribution < -0.4 is 16.0 Å². The largest absolute Gasteiger partial charge is 0.468 e. The van der Waals surface area contributed by atoms with Crippen molar-refractivity contribution in [2.24, 2.45) is 0 Å². The van der Waals surface area contributed by atoms with Crippen LogP contribution in [0.15, 0.2) is 18.5 Å². The molecule has 1 aromatic heterocycles. The van der Waals surface area contributed by atoms with Gasteiger partial charge in [0.15, 0.2) is 0 Å². The van der Waals surface area contributed by atoms with Gasteiger partial charge in [-0.3, -0.25) is 9.78 Å². The molecule has 0 aromatic carbocycles. The predicted octanol–water partition coefficient (Wildman–Crippen LogP) is -0.385. The molecule has 0 aliphatic carbocycles. The van der Waals surface area contributed by atoms with Crippen molar-refractivity contribution in [2.45, 2.75) is 6.04 Å². The number of methoxy groups -OCH3 is 1. The molecule has 1 unspecified atom stereocenters. The molecule has 92 valence electrons. The fourth-order valence-electron chi connectivity index (χ4n) is 1.96. The molecule has 6 heteroatoms. The first-order chi connectivity index (χ1) is 8.22. The van der Waals surface area contributed by atoms with Gasteiger partial charge in [0.05, 0.1) is 24.7 Å². The Hall–Kier alpha value is -1.82. The maximum atomic E-state index is 11.5. The lowest BCUT2D eigenvalue weighted by molar-refractivity contribution is -0.143. The van der Waals surface area contributed by atoms with E-state index in [1.807, 2.05) is 6.07 Å². The molecule has 0 spiro atoms. The zero-order chi connectivity index (χ0) is 12.3. The SMILES string of the molecule is COC(=O)C1CN(c2ccncc2N)CCN1. The van der Waals surface area contributed by atoms with Crippen molar-refractivity contribution in [3.05, 3.63) is 18.5 Å². The van der Waals surface area contributed by atoms with Crippen molar-refractivity contribution in [3.8, 4) is 0 Å². The molecule has 17 heavy (non-hydrogen) atoms. The summed E-state index contributed by atoms with van der Waals surface area (Å²) in [4.78, 5) is 17.5. The number of nitrogens with zero attached hydrogens (tertiary/aromatic N) is 2. The van der Waals surface area contributed by atoms with Gasteiger partial charge < -0.3 is 20.7 Å². The van der Waals surface area contributed by atoms with Gasteiger partial charge in [-0.25, -0.2) is 0 Å². The van der Waals surface area contributed by atoms with Gasteiger partial charge in [0.25, 0.3) is 0 Å². The first kappa shape index (κ1) is 11.7. The van der Waals surface area contributed by atoms with Crippen molar-refractivity contribution in [1.82, 2.24) is 10.3 Å². The Morgan fingerprint density at radius 1 is 1.71 bits per heavy atom. The molecule has 6 nitrogen and oxygen atoms in total. The van der Waals surface area contributed by atoms with Crippen molar-refractivity contribution >= 4 is 17.3 Å². The molecule has 0 saturated carbocycles. The number of hydrogen-bond acceptors (Lipinski definition) is 6. The third-order valence-electron chi connectivity index (χ3n) is 2.83. The highest BCUT2D eigenvalue weighted by Gasteiger charge is 2.26. The van der Waals surface area contributed by atoms with Crippen LogP contribution in [0, 0.1) is 0 Å². The number of carbonyl (C=O) groups excluding carboxylic acids is 1. The summed E-state index contributed by atoms with van der Waals surface area (Å²) in [6, 6.07) is 1.55. The molecular weight excluding hydrogens is 220 g/mol. The maximum Gasteiger partial charge on any atom is 0.324 e. The van der Waals surface area contributed by atoms with E-state index < -0.39 is 0 Å². The van der Waals surface area contributed by atoms with Crippen LogP contribution in [-0.2, 0) is 9.53 Å². The van der Waals surface area contributed by atoms with E-state index in [1.54, 1.807) is 12.4 Å². The topological polar surface area (TPSA) is 80.5 Å². The Morgan fingerprint density at radius 2 is 2.53 bits per heavy atom. The van der Waals surface area contributed by atoms with Crippen LogP contribution >= 0.6 is 0 Å². The van der Waals surface area contributed by atoms with Crippen LogP contribution in [0.1, 0.15) is 0 Å². The number of piperazine rings is 1. The summed E-state index contributed by atoms with van der Waals surface area (Å²) in [5.74, 6) is -0.248. The monoisotopic (exact) mass is 236 g/mol. The third-order valence-corrected chi connectivity index (χ3v) is 2.83. The zero-order valence-electron chi connectivity index (χ0n) is 9.72. The van der Waals surface area contributed by atoms with Crippen molar-refractivity contribution in [1.29, 1.82) is 0 Å². The van der Waals surface area contributed by atoms with Gasteiger partial charge in [0.2, 0.25) is 0 Å². The van der Waals surface area contributed by atoms with Crippen LogP contribution in [0.25, 0.3) is 0 Å². The lowest BCUT2D eigenvalue weighted by Crippen LogP contribution is -2.54. The van der Waals surface area contributed by atoms with Gasteiger partial charge in [-0.15, -0.1) is 0 Å². The number of carbonyl (C=O) groups is 1. The van der Waals surface area contributed by atoms with Crippen LogP contribution in [0.3, 0.4) is 0 Å². The predicted molar refractivity (Wildman–Crippen MR) is 64.7 cm³/mol. The third kappa shape index (κ3) is 2.47. The number of rotatable bonds is 2. The van der Waals surface area contributed by atoms with Gasteiger partial charge in [0.1, 0.15) is 6.04 Å². The smallest absolute Gasteiger partial charge is 0.324 e. The average molecular weight is 236 g/mol. The lowest BCUT2D eigenvalue weighted by Gasteiger charge is -2.34. The van der Waals surface area contributed by atoms with Gasteiger partial charge in [0, 0.05) is 25.8 Å². The van der Waals surface area contributed by atoms with Crippen LogP contribution in [0.4, 0.5) is 11.4 Å². The van der Waals surface area contributed by atoms with Crippen LogP contribution in [-0.4, -0.2) is 43.7 Å². The van der Waals surface area contributed by atoms with E-state index in [0.29, 0.717) is 12.2 Å². The molecule has 1 aliphatic rings. The zero-order valence-corrected chi connectivity index (χ0v) is 9.72. The molecule has 3 N–H and O–H groups in total. The van der Waals surface area contributed by atoms with E-state index in [0.717, 1.165) is 18.8 Å². The molecule has 1 fully saturated rings. The molecule has 1 saturated heterocycles. The van der Waals surface area contributed by atoms with E-state index >= 15 is 0 Å². The summed E-state index contributed by atoms with van der Waals surface area (Å²) in [5, 5.41) is 3.12. The van der Waals surface area contributed by atoms with E-state index in [9.17, 15) is 4.79 Å². The van der Waals surface area contributed by atoms with E-state index in [2.05, 4.69) is 15.2 Å². The van der Waals surface area contributed by atoms with Gasteiger partial charge in [-0.1, -0.05) is 0 Å². The minimum atomic E-state index is -0.304.